The Kier molecular flexibility index (Phi) is 15.6. The smallest absolute Gasteiger partial charge is 0.510 e. The molecular weight excluding hydrogens is 622 g/mol. The lowest BCUT2D eigenvalue weighted by molar-refractivity contribution is -0.956. The van der Waals surface area contributed by atoms with E-state index in [4.69, 9.17) is 14.2 Å². The molecule has 0 aliphatic carbocycles. The van der Waals surface area contributed by atoms with Crippen LogP contribution in [0.25, 0.3) is 0 Å². The quantitative estimate of drug-likeness (QED) is 0.0906. The van der Waals surface area contributed by atoms with Gasteiger partial charge in [0.05, 0.1) is 31.8 Å². The first-order valence-electron chi connectivity index (χ1n) is 19.1. The molecule has 48 heavy (non-hydrogen) atoms. The van der Waals surface area contributed by atoms with Crippen LogP contribution in [-0.4, -0.2) is 54.5 Å². The van der Waals surface area contributed by atoms with Gasteiger partial charge in [0.2, 0.25) is 0 Å². The largest absolute Gasteiger partial charge is 1.00 e. The first-order valence-corrected chi connectivity index (χ1v) is 19.1. The number of halogens is 1. The Morgan fingerprint density at radius 3 is 1.62 bits per heavy atom. The number of hydrogen-bond acceptors (Lipinski definition) is 5. The van der Waals surface area contributed by atoms with Gasteiger partial charge in [0.15, 0.2) is 0 Å². The lowest BCUT2D eigenvalue weighted by Gasteiger charge is -2.47. The van der Waals surface area contributed by atoms with Gasteiger partial charge in [-0.05, 0) is 6.42 Å². The van der Waals surface area contributed by atoms with Gasteiger partial charge in [-0.1, -0.05) is 145 Å². The third kappa shape index (κ3) is 9.56. The van der Waals surface area contributed by atoms with Crippen molar-refractivity contribution in [2.75, 3.05) is 19.7 Å². The standard InChI is InChI=1S/C41H60NO5.ClH/c1-2-3-4-5-6-7-8-9-10-11-12-13-22-31-45-40(44)47-41(34-23-16-14-17-24-34,35-25-18-15-19-26-35)39(43)46-38-32-36-27-28-37(33-38)42(36)29-20-21-30-42;/h14-19,23-26,36-38H,2-13,20-22,27-33H2,1H3;1H/q+1;/p-1. The molecule has 3 aliphatic rings. The molecule has 0 amide bonds. The zero-order chi connectivity index (χ0) is 32.8. The lowest BCUT2D eigenvalue weighted by atomic mass is 9.85. The van der Waals surface area contributed by atoms with Crippen molar-refractivity contribution in [1.29, 1.82) is 0 Å². The molecule has 0 aromatic heterocycles. The number of esters is 1. The number of rotatable bonds is 19. The Hall–Kier alpha value is -2.57. The van der Waals surface area contributed by atoms with Crippen molar-refractivity contribution >= 4 is 12.1 Å². The molecule has 3 fully saturated rings. The van der Waals surface area contributed by atoms with E-state index in [0.29, 0.717) is 23.2 Å². The Balaban J connectivity index is 0.00000520. The number of carbonyl (C=O) groups excluding carboxylic acids is 2. The van der Waals surface area contributed by atoms with Gasteiger partial charge in [0, 0.05) is 49.7 Å². The zero-order valence-corrected chi connectivity index (χ0v) is 30.2. The summed E-state index contributed by atoms with van der Waals surface area (Å²) in [6.45, 7) is 5.07. The average molecular weight is 682 g/mol. The molecule has 0 radical (unpaired) electrons. The third-order valence-electron chi connectivity index (χ3n) is 11.4. The summed E-state index contributed by atoms with van der Waals surface area (Å²) in [5.41, 5.74) is -0.613. The summed E-state index contributed by atoms with van der Waals surface area (Å²) < 4.78 is 19.4. The van der Waals surface area contributed by atoms with E-state index in [1.807, 2.05) is 60.7 Å². The van der Waals surface area contributed by atoms with Crippen LogP contribution in [0.2, 0.25) is 0 Å². The van der Waals surface area contributed by atoms with Crippen molar-refractivity contribution in [3.8, 4) is 0 Å². The van der Waals surface area contributed by atoms with Gasteiger partial charge in [-0.2, -0.15) is 0 Å². The molecule has 0 N–H and O–H groups in total. The van der Waals surface area contributed by atoms with E-state index in [9.17, 15) is 9.59 Å². The molecule has 3 saturated heterocycles. The number of unbranched alkanes of at least 4 members (excludes halogenated alkanes) is 12. The van der Waals surface area contributed by atoms with Gasteiger partial charge in [-0.3, -0.25) is 0 Å². The van der Waals surface area contributed by atoms with Gasteiger partial charge >= 0.3 is 12.1 Å². The average Bonchev–Trinajstić information content (AvgIpc) is 3.64. The highest BCUT2D eigenvalue weighted by Gasteiger charge is 2.57. The molecule has 7 heteroatoms. The highest BCUT2D eigenvalue weighted by atomic mass is 35.5. The summed E-state index contributed by atoms with van der Waals surface area (Å²) in [6.07, 6.45) is 22.1. The van der Waals surface area contributed by atoms with Crippen LogP contribution in [0.5, 0.6) is 0 Å². The Bertz CT molecular complexity index is 1160. The number of piperidine rings is 1. The fourth-order valence-corrected chi connectivity index (χ4v) is 8.88. The van der Waals surface area contributed by atoms with Crippen molar-refractivity contribution in [1.82, 2.24) is 0 Å². The first-order chi connectivity index (χ1) is 23.1. The van der Waals surface area contributed by atoms with Crippen LogP contribution in [0.1, 0.15) is 140 Å². The van der Waals surface area contributed by atoms with Crippen LogP contribution in [0.15, 0.2) is 60.7 Å². The Morgan fingerprint density at radius 1 is 0.688 bits per heavy atom. The molecule has 3 aliphatic heterocycles. The van der Waals surface area contributed by atoms with Gasteiger partial charge in [-0.15, -0.1) is 0 Å². The monoisotopic (exact) mass is 681 g/mol. The van der Waals surface area contributed by atoms with Crippen molar-refractivity contribution in [3.05, 3.63) is 71.8 Å². The van der Waals surface area contributed by atoms with Crippen LogP contribution >= 0.6 is 0 Å². The van der Waals surface area contributed by atoms with Crippen molar-refractivity contribution in [2.24, 2.45) is 0 Å². The maximum absolute atomic E-state index is 14.5. The maximum atomic E-state index is 14.5. The molecule has 2 unspecified atom stereocenters. The van der Waals surface area contributed by atoms with E-state index in [2.05, 4.69) is 6.92 Å². The molecule has 1 spiro atoms. The SMILES string of the molecule is CCCCCCCCCCCCCCCOC(=O)OC(C(=O)OC1CC2CCC(C1)[N+]21CCCC1)(c1ccccc1)c1ccccc1.[Cl-]. The predicted molar refractivity (Wildman–Crippen MR) is 187 cm³/mol. The molecule has 2 bridgehead atoms. The van der Waals surface area contributed by atoms with E-state index < -0.39 is 17.7 Å². The molecule has 2 atom stereocenters. The Labute approximate surface area is 296 Å². The van der Waals surface area contributed by atoms with E-state index in [1.165, 1.54) is 107 Å². The predicted octanol–water partition coefficient (Wildman–Crippen LogP) is 7.03. The normalized spacial score (nSPS) is 21.1. The van der Waals surface area contributed by atoms with E-state index in [1.54, 1.807) is 0 Å². The van der Waals surface area contributed by atoms with Crippen molar-refractivity contribution in [3.63, 3.8) is 0 Å². The molecule has 5 rings (SSSR count). The van der Waals surface area contributed by atoms with Crippen molar-refractivity contribution in [2.45, 2.75) is 153 Å². The van der Waals surface area contributed by atoms with E-state index in [0.717, 1.165) is 32.1 Å². The summed E-state index contributed by atoms with van der Waals surface area (Å²) in [4.78, 5) is 27.8. The molecule has 2 aromatic carbocycles. The molecular formula is C41H60ClNO5. The van der Waals surface area contributed by atoms with Gasteiger partial charge in [0.1, 0.15) is 6.10 Å². The molecule has 2 aromatic rings. The third-order valence-corrected chi connectivity index (χ3v) is 11.4. The van der Waals surface area contributed by atoms with E-state index >= 15 is 0 Å². The second-order valence-corrected chi connectivity index (χ2v) is 14.5. The second kappa shape index (κ2) is 19.6. The number of nitrogens with zero attached hydrogens (tertiary/aromatic N) is 1. The number of carbonyl (C=O) groups is 2. The van der Waals surface area contributed by atoms with Gasteiger partial charge < -0.3 is 31.1 Å². The zero-order valence-electron chi connectivity index (χ0n) is 29.4. The summed E-state index contributed by atoms with van der Waals surface area (Å²) in [7, 11) is 0. The second-order valence-electron chi connectivity index (χ2n) is 14.5. The van der Waals surface area contributed by atoms with Crippen LogP contribution < -0.4 is 12.4 Å². The van der Waals surface area contributed by atoms with Gasteiger partial charge in [-0.25, -0.2) is 9.59 Å². The minimum atomic E-state index is -1.74. The van der Waals surface area contributed by atoms with Crippen LogP contribution in [-0.2, 0) is 24.6 Å². The summed E-state index contributed by atoms with van der Waals surface area (Å²) in [5.74, 6) is -0.535. The fraction of sp³-hybridized carbons (Fsp3) is 0.659. The van der Waals surface area contributed by atoms with Crippen molar-refractivity contribution < 1.29 is 40.7 Å². The molecule has 266 valence electrons. The van der Waals surface area contributed by atoms with Crippen LogP contribution in [0, 0.1) is 0 Å². The molecule has 3 heterocycles. The summed E-state index contributed by atoms with van der Waals surface area (Å²) in [6, 6.07) is 19.7. The Morgan fingerprint density at radius 2 is 1.15 bits per heavy atom. The minimum Gasteiger partial charge on any atom is -1.00 e. The lowest BCUT2D eigenvalue weighted by Crippen LogP contribution is -3.00. The summed E-state index contributed by atoms with van der Waals surface area (Å²) in [5, 5.41) is 0. The van der Waals surface area contributed by atoms with E-state index in [-0.39, 0.29) is 25.1 Å². The number of quaternary nitrogens is 1. The van der Waals surface area contributed by atoms with Gasteiger partial charge in [0.25, 0.3) is 5.60 Å². The maximum Gasteiger partial charge on any atom is 0.510 e. The minimum absolute atomic E-state index is 0. The number of hydrogen-bond donors (Lipinski definition) is 0. The van der Waals surface area contributed by atoms with Crippen LogP contribution in [0.3, 0.4) is 0 Å². The first kappa shape index (κ1) is 38.2. The molecule has 6 nitrogen and oxygen atoms in total. The summed E-state index contributed by atoms with van der Waals surface area (Å²) >= 11 is 0. The molecule has 0 saturated carbocycles. The fourth-order valence-electron chi connectivity index (χ4n) is 8.88. The topological polar surface area (TPSA) is 61.8 Å². The number of benzene rings is 2. The number of ether oxygens (including phenoxy) is 3. The highest BCUT2D eigenvalue weighted by Crippen LogP contribution is 2.47. The van der Waals surface area contributed by atoms with Crippen LogP contribution in [0.4, 0.5) is 4.79 Å². The highest BCUT2D eigenvalue weighted by molar-refractivity contribution is 5.88.